The molecule has 1 aliphatic heterocycles. The highest BCUT2D eigenvalue weighted by molar-refractivity contribution is 5.95. The van der Waals surface area contributed by atoms with E-state index in [2.05, 4.69) is 10.3 Å². The van der Waals surface area contributed by atoms with Gasteiger partial charge in [-0.05, 0) is 36.3 Å². The third kappa shape index (κ3) is 3.08. The normalized spacial score (nSPS) is 18.3. The molecule has 2 aromatic rings. The van der Waals surface area contributed by atoms with Gasteiger partial charge in [-0.25, -0.2) is 4.99 Å². The van der Waals surface area contributed by atoms with Crippen molar-refractivity contribution in [3.63, 3.8) is 0 Å². The van der Waals surface area contributed by atoms with E-state index in [1.165, 1.54) is 0 Å². The zero-order chi connectivity index (χ0) is 16.2. The summed E-state index contributed by atoms with van der Waals surface area (Å²) >= 11 is 0. The van der Waals surface area contributed by atoms with Gasteiger partial charge >= 0.3 is 0 Å². The lowest BCUT2D eigenvalue weighted by molar-refractivity contribution is -0.114. The van der Waals surface area contributed by atoms with Gasteiger partial charge in [0, 0.05) is 17.5 Å². The molecule has 3 rings (SSSR count). The third-order valence-corrected chi connectivity index (χ3v) is 3.70. The van der Waals surface area contributed by atoms with Crippen LogP contribution in [-0.2, 0) is 9.53 Å². The number of nitrogens with two attached hydrogens (primary N) is 1. The number of ether oxygens (including phenoxy) is 1. The molecule has 23 heavy (non-hydrogen) atoms. The maximum Gasteiger partial charge on any atom is 0.294 e. The number of carbonyl (C=O) groups excluding carboxylic acids is 1. The van der Waals surface area contributed by atoms with Crippen LogP contribution in [0.15, 0.2) is 53.7 Å². The van der Waals surface area contributed by atoms with Crippen molar-refractivity contribution >= 4 is 29.8 Å². The standard InChI is InChI=1S/C18H17N3O2/c1-12-14(19)7-8-15-17(12)16(11-22)23-18(21-15)20-10-9-13-5-3-2-4-6-13/h2-11,16H,19H2,1H3,(H,20,21). The lowest BCUT2D eigenvalue weighted by Crippen LogP contribution is -2.27. The Balaban J connectivity index is 1.86. The summed E-state index contributed by atoms with van der Waals surface area (Å²) in [4.78, 5) is 15.6. The number of aliphatic imine (C=N–C) groups is 1. The van der Waals surface area contributed by atoms with Crippen LogP contribution < -0.4 is 11.1 Å². The second-order valence-corrected chi connectivity index (χ2v) is 5.20. The monoisotopic (exact) mass is 307 g/mol. The molecule has 3 N–H and O–H groups in total. The van der Waals surface area contributed by atoms with Crippen molar-refractivity contribution in [1.29, 1.82) is 0 Å². The van der Waals surface area contributed by atoms with Gasteiger partial charge in [-0.3, -0.25) is 4.79 Å². The van der Waals surface area contributed by atoms with Crippen LogP contribution in [0.2, 0.25) is 0 Å². The van der Waals surface area contributed by atoms with Crippen molar-refractivity contribution in [1.82, 2.24) is 0 Å². The Labute approximate surface area is 134 Å². The van der Waals surface area contributed by atoms with Gasteiger partial charge in [0.15, 0.2) is 12.4 Å². The van der Waals surface area contributed by atoms with Gasteiger partial charge < -0.3 is 15.8 Å². The zero-order valence-corrected chi connectivity index (χ0v) is 12.7. The van der Waals surface area contributed by atoms with Crippen LogP contribution in [-0.4, -0.2) is 12.3 Å². The minimum absolute atomic E-state index is 0.283. The van der Waals surface area contributed by atoms with Crippen LogP contribution in [0.4, 0.5) is 11.4 Å². The molecule has 2 aromatic carbocycles. The van der Waals surface area contributed by atoms with E-state index < -0.39 is 6.10 Å². The molecule has 1 unspecified atom stereocenters. The Morgan fingerprint density at radius 3 is 2.74 bits per heavy atom. The first-order valence-electron chi connectivity index (χ1n) is 7.26. The van der Waals surface area contributed by atoms with Gasteiger partial charge in [-0.1, -0.05) is 30.3 Å². The Hall–Kier alpha value is -3.08. The number of amidine groups is 1. The fourth-order valence-electron chi connectivity index (χ4n) is 2.46. The average Bonchev–Trinajstić information content (AvgIpc) is 2.58. The number of rotatable bonds is 3. The predicted molar refractivity (Wildman–Crippen MR) is 92.0 cm³/mol. The largest absolute Gasteiger partial charge is 0.449 e. The molecular formula is C18H17N3O2. The van der Waals surface area contributed by atoms with Crippen molar-refractivity contribution in [3.8, 4) is 0 Å². The van der Waals surface area contributed by atoms with Gasteiger partial charge in [0.25, 0.3) is 6.02 Å². The maximum absolute atomic E-state index is 11.4. The van der Waals surface area contributed by atoms with E-state index in [1.54, 1.807) is 12.3 Å². The molecule has 0 saturated carbocycles. The van der Waals surface area contributed by atoms with Crippen molar-refractivity contribution in [2.45, 2.75) is 13.0 Å². The molecule has 0 radical (unpaired) electrons. The Morgan fingerprint density at radius 1 is 1.22 bits per heavy atom. The highest BCUT2D eigenvalue weighted by Crippen LogP contribution is 2.34. The van der Waals surface area contributed by atoms with Crippen LogP contribution in [0.3, 0.4) is 0 Å². The smallest absolute Gasteiger partial charge is 0.294 e. The van der Waals surface area contributed by atoms with Gasteiger partial charge in [0.05, 0.1) is 5.69 Å². The molecule has 0 amide bonds. The minimum atomic E-state index is -0.710. The van der Waals surface area contributed by atoms with Crippen LogP contribution in [0, 0.1) is 6.92 Å². The summed E-state index contributed by atoms with van der Waals surface area (Å²) in [5.41, 5.74) is 9.94. The molecule has 1 heterocycles. The Bertz CT molecular complexity index is 782. The Kier molecular flexibility index (Phi) is 4.10. The molecular weight excluding hydrogens is 290 g/mol. The van der Waals surface area contributed by atoms with E-state index in [0.717, 1.165) is 28.7 Å². The van der Waals surface area contributed by atoms with E-state index in [1.807, 2.05) is 49.4 Å². The minimum Gasteiger partial charge on any atom is -0.449 e. The number of aldehydes is 1. The molecule has 5 nitrogen and oxygen atoms in total. The molecule has 0 spiro atoms. The van der Waals surface area contributed by atoms with Gasteiger partial charge in [0.2, 0.25) is 0 Å². The summed E-state index contributed by atoms with van der Waals surface area (Å²) < 4.78 is 5.60. The summed E-state index contributed by atoms with van der Waals surface area (Å²) in [5, 5.41) is 3.08. The van der Waals surface area contributed by atoms with E-state index >= 15 is 0 Å². The molecule has 0 bridgehead atoms. The van der Waals surface area contributed by atoms with Crippen LogP contribution in [0.5, 0.6) is 0 Å². The summed E-state index contributed by atoms with van der Waals surface area (Å²) in [5.74, 6) is 0. The van der Waals surface area contributed by atoms with E-state index in [-0.39, 0.29) is 6.02 Å². The first-order valence-corrected chi connectivity index (χ1v) is 7.26. The predicted octanol–water partition coefficient (Wildman–Crippen LogP) is 3.29. The number of hydrogen-bond donors (Lipinski definition) is 2. The van der Waals surface area contributed by atoms with Gasteiger partial charge in [-0.15, -0.1) is 0 Å². The van der Waals surface area contributed by atoms with Crippen molar-refractivity contribution < 1.29 is 9.53 Å². The number of benzene rings is 2. The number of fused-ring (bicyclic) bond motifs is 1. The highest BCUT2D eigenvalue weighted by Gasteiger charge is 2.27. The lowest BCUT2D eigenvalue weighted by atomic mass is 9.99. The number of anilines is 2. The van der Waals surface area contributed by atoms with Crippen molar-refractivity contribution in [2.24, 2.45) is 4.99 Å². The summed E-state index contributed by atoms with van der Waals surface area (Å²) in [6, 6.07) is 13.7. The van der Waals surface area contributed by atoms with Crippen molar-refractivity contribution in [3.05, 3.63) is 65.4 Å². The van der Waals surface area contributed by atoms with E-state index in [4.69, 9.17) is 10.5 Å². The number of hydrogen-bond acceptors (Lipinski definition) is 4. The fraction of sp³-hybridized carbons (Fsp3) is 0.111. The number of nitrogens with one attached hydrogen (secondary N) is 1. The maximum atomic E-state index is 11.4. The first kappa shape index (κ1) is 14.8. The molecule has 116 valence electrons. The molecule has 0 aromatic heterocycles. The molecule has 1 atom stereocenters. The Morgan fingerprint density at radius 2 is 2.00 bits per heavy atom. The fourth-order valence-corrected chi connectivity index (χ4v) is 2.46. The molecule has 0 fully saturated rings. The first-order chi connectivity index (χ1) is 11.2. The molecule has 0 saturated heterocycles. The molecule has 5 heteroatoms. The quantitative estimate of drug-likeness (QED) is 0.674. The second kappa shape index (κ2) is 6.36. The number of carbonyl (C=O) groups is 1. The third-order valence-electron chi connectivity index (χ3n) is 3.70. The molecule has 1 aliphatic rings. The van der Waals surface area contributed by atoms with Crippen LogP contribution >= 0.6 is 0 Å². The van der Waals surface area contributed by atoms with E-state index in [9.17, 15) is 4.79 Å². The SMILES string of the molecule is Cc1c(N)ccc2c1C(C=O)OC(=NC=Cc1ccccc1)N2. The van der Waals surface area contributed by atoms with Crippen LogP contribution in [0.1, 0.15) is 22.8 Å². The van der Waals surface area contributed by atoms with Gasteiger partial charge in [0.1, 0.15) is 0 Å². The highest BCUT2D eigenvalue weighted by atomic mass is 16.5. The zero-order valence-electron chi connectivity index (χ0n) is 12.7. The molecule has 0 aliphatic carbocycles. The summed E-state index contributed by atoms with van der Waals surface area (Å²) in [6.45, 7) is 1.87. The number of nitrogens with zero attached hydrogens (tertiary/aromatic N) is 1. The summed E-state index contributed by atoms with van der Waals surface area (Å²) in [6.07, 6.45) is 3.54. The second-order valence-electron chi connectivity index (χ2n) is 5.20. The van der Waals surface area contributed by atoms with Crippen LogP contribution in [0.25, 0.3) is 6.08 Å². The topological polar surface area (TPSA) is 76.7 Å². The average molecular weight is 307 g/mol. The lowest BCUT2D eigenvalue weighted by Gasteiger charge is -2.27. The van der Waals surface area contributed by atoms with Crippen molar-refractivity contribution in [2.75, 3.05) is 11.1 Å². The summed E-state index contributed by atoms with van der Waals surface area (Å²) in [7, 11) is 0. The number of nitrogen functional groups attached to an aromatic ring is 1. The van der Waals surface area contributed by atoms with Gasteiger partial charge in [-0.2, -0.15) is 0 Å². The van der Waals surface area contributed by atoms with E-state index in [0.29, 0.717) is 5.69 Å².